The lowest BCUT2D eigenvalue weighted by Crippen LogP contribution is -3.00. The van der Waals surface area contributed by atoms with E-state index in [1.807, 2.05) is 91.5 Å². The predicted molar refractivity (Wildman–Crippen MR) is 155 cm³/mol. The van der Waals surface area contributed by atoms with Gasteiger partial charge in [0.25, 0.3) is 11.5 Å². The fraction of sp³-hybridized carbons (Fsp3) is 0.267. The van der Waals surface area contributed by atoms with Crippen molar-refractivity contribution in [1.29, 1.82) is 0 Å². The monoisotopic (exact) mass is 561 g/mol. The summed E-state index contributed by atoms with van der Waals surface area (Å²) in [6, 6.07) is 23.2. The molecule has 39 heavy (non-hydrogen) atoms. The maximum Gasteiger partial charge on any atom is 1.00 e. The van der Waals surface area contributed by atoms with Crippen molar-refractivity contribution in [2.24, 2.45) is 5.73 Å². The number of aryl methyl sites for hydroxylation is 1. The molecule has 2 N–H and O–H groups in total. The maximum atomic E-state index is 14.1. The molecule has 5 aromatic rings. The van der Waals surface area contributed by atoms with Gasteiger partial charge in [0.05, 0.1) is 23.7 Å². The Hall–Kier alpha value is -3.59. The molecule has 0 aliphatic heterocycles. The molecule has 0 saturated heterocycles. The van der Waals surface area contributed by atoms with Crippen molar-refractivity contribution < 1.29 is 18.6 Å². The minimum absolute atomic E-state index is 0. The first kappa shape index (κ1) is 28.4. The molecule has 0 fully saturated rings. The van der Waals surface area contributed by atoms with Crippen LogP contribution in [0, 0.1) is 6.92 Å². The molecule has 0 aliphatic rings. The number of fused-ring (bicyclic) bond motifs is 2. The summed E-state index contributed by atoms with van der Waals surface area (Å²) in [6.07, 6.45) is 1.23. The van der Waals surface area contributed by atoms with E-state index in [9.17, 15) is 9.59 Å². The van der Waals surface area contributed by atoms with E-state index < -0.39 is 6.04 Å². The third kappa shape index (κ3) is 5.73. The number of hydrogen-bond donors (Lipinski definition) is 1. The molecule has 202 valence electrons. The molecule has 0 bridgehead atoms. The minimum atomic E-state index is -0.413. The van der Waals surface area contributed by atoms with E-state index >= 15 is 0 Å². The van der Waals surface area contributed by atoms with Gasteiger partial charge in [0.15, 0.2) is 4.83 Å². The van der Waals surface area contributed by atoms with Gasteiger partial charge in [0.1, 0.15) is 5.82 Å². The lowest BCUT2D eigenvalue weighted by Gasteiger charge is -2.32. The highest BCUT2D eigenvalue weighted by molar-refractivity contribution is 7.12. The van der Waals surface area contributed by atoms with Crippen LogP contribution in [-0.4, -0.2) is 37.8 Å². The Kier molecular flexibility index (Phi) is 9.12. The molecule has 1 atom stereocenters. The summed E-state index contributed by atoms with van der Waals surface area (Å²) >= 11 is 1.22. The van der Waals surface area contributed by atoms with Crippen LogP contribution >= 0.6 is 11.5 Å². The smallest absolute Gasteiger partial charge is 1.00 e. The van der Waals surface area contributed by atoms with Crippen molar-refractivity contribution in [1.82, 2.24) is 18.8 Å². The maximum absolute atomic E-state index is 14.1. The van der Waals surface area contributed by atoms with Crippen LogP contribution in [0.15, 0.2) is 77.6 Å². The topological polar surface area (TPSA) is 94.1 Å². The molecule has 9 heteroatoms. The summed E-state index contributed by atoms with van der Waals surface area (Å²) in [7, 11) is 0. The largest absolute Gasteiger partial charge is 1.00 e. The van der Waals surface area contributed by atoms with Crippen molar-refractivity contribution in [3.05, 3.63) is 106 Å². The van der Waals surface area contributed by atoms with Crippen molar-refractivity contribution in [3.8, 4) is 0 Å². The van der Waals surface area contributed by atoms with Gasteiger partial charge in [-0.15, -0.1) is 0 Å². The summed E-state index contributed by atoms with van der Waals surface area (Å²) in [5.74, 6) is 0.473. The van der Waals surface area contributed by atoms with Gasteiger partial charge in [0, 0.05) is 12.1 Å². The molecule has 5 rings (SSSR count). The first-order chi connectivity index (χ1) is 18.5. The highest BCUT2D eigenvalue weighted by atomic mass is 35.5. The predicted octanol–water partition coefficient (Wildman–Crippen LogP) is 2.42. The molecule has 3 aromatic carbocycles. The highest BCUT2D eigenvalue weighted by Gasteiger charge is 2.30. The first-order valence-corrected chi connectivity index (χ1v) is 13.7. The molecule has 0 saturated carbocycles. The van der Waals surface area contributed by atoms with Gasteiger partial charge in [0.2, 0.25) is 0 Å². The Morgan fingerprint density at radius 2 is 1.79 bits per heavy atom. The average Bonchev–Trinajstić information content (AvgIpc) is 3.33. The Morgan fingerprint density at radius 1 is 1.08 bits per heavy atom. The van der Waals surface area contributed by atoms with E-state index in [-0.39, 0.29) is 25.3 Å². The average molecular weight is 562 g/mol. The van der Waals surface area contributed by atoms with Crippen LogP contribution in [0.3, 0.4) is 0 Å². The Morgan fingerprint density at radius 3 is 2.51 bits per heavy atom. The molecule has 2 heterocycles. The zero-order valence-electron chi connectivity index (χ0n) is 23.0. The van der Waals surface area contributed by atoms with E-state index in [0.29, 0.717) is 59.8 Å². The summed E-state index contributed by atoms with van der Waals surface area (Å²) in [5.41, 5.74) is 8.03. The molecule has 2 aromatic heterocycles. The van der Waals surface area contributed by atoms with E-state index in [1.54, 1.807) is 4.57 Å². The van der Waals surface area contributed by atoms with Crippen LogP contribution in [-0.2, 0) is 6.54 Å². The number of carbonyl (C=O) groups excluding carboxylic acids is 1. The number of rotatable bonds is 9. The fourth-order valence-electron chi connectivity index (χ4n) is 4.95. The summed E-state index contributed by atoms with van der Waals surface area (Å²) in [5, 5.41) is 2.62. The quantitative estimate of drug-likeness (QED) is 0.298. The number of benzene rings is 3. The van der Waals surface area contributed by atoms with Gasteiger partial charge in [-0.05, 0) is 66.3 Å². The van der Waals surface area contributed by atoms with Gasteiger partial charge in [-0.25, -0.2) is 4.98 Å². The Balaban J connectivity index is 0.00000220. The number of nitrogens with two attached hydrogens (primary N) is 1. The van der Waals surface area contributed by atoms with Crippen LogP contribution in [0.4, 0.5) is 0 Å². The lowest BCUT2D eigenvalue weighted by atomic mass is 10.0. The van der Waals surface area contributed by atoms with Crippen molar-refractivity contribution >= 4 is 38.4 Å². The van der Waals surface area contributed by atoms with Gasteiger partial charge in [-0.3, -0.25) is 14.2 Å². The number of halogens is 1. The number of amides is 1. The zero-order chi connectivity index (χ0) is 26.6. The standard InChI is InChI=1S/C30H31N5O2S.ClH/c1-3-25(34(17-9-16-31)29(36)24-15-14-22-12-7-8-13-23(22)18-24)27-32-28-26(20(2)33-38-28)30(37)35(27)19-21-10-5-4-6-11-21;/h4-8,10-15,18,25H,3,9,16-17,19,31H2,1-2H3;1H. The van der Waals surface area contributed by atoms with Crippen LogP contribution in [0.5, 0.6) is 0 Å². The van der Waals surface area contributed by atoms with E-state index in [2.05, 4.69) is 4.37 Å². The van der Waals surface area contributed by atoms with Gasteiger partial charge in [-0.1, -0.05) is 67.6 Å². The van der Waals surface area contributed by atoms with Crippen molar-refractivity contribution in [2.45, 2.75) is 39.3 Å². The second kappa shape index (κ2) is 12.5. The fourth-order valence-corrected chi connectivity index (χ4v) is 5.72. The second-order valence-corrected chi connectivity index (χ2v) is 10.2. The van der Waals surface area contributed by atoms with Gasteiger partial charge in [-0.2, -0.15) is 4.37 Å². The van der Waals surface area contributed by atoms with E-state index in [0.717, 1.165) is 16.3 Å². The van der Waals surface area contributed by atoms with Crippen molar-refractivity contribution in [3.63, 3.8) is 0 Å². The second-order valence-electron chi connectivity index (χ2n) is 9.42. The lowest BCUT2D eigenvalue weighted by molar-refractivity contribution is -0.0000187. The normalized spacial score (nSPS) is 11.9. The molecule has 7 nitrogen and oxygen atoms in total. The van der Waals surface area contributed by atoms with E-state index in [1.165, 1.54) is 11.5 Å². The van der Waals surface area contributed by atoms with Crippen LogP contribution in [0.25, 0.3) is 21.0 Å². The van der Waals surface area contributed by atoms with Crippen molar-refractivity contribution in [2.75, 3.05) is 13.1 Å². The molecular formula is C30H32ClN5O2S. The molecule has 1 unspecified atom stereocenters. The van der Waals surface area contributed by atoms with Crippen LogP contribution in [0.2, 0.25) is 0 Å². The summed E-state index contributed by atoms with van der Waals surface area (Å²) in [4.78, 5) is 35.3. The number of aromatic nitrogens is 3. The highest BCUT2D eigenvalue weighted by Crippen LogP contribution is 2.29. The number of nitrogens with zero attached hydrogens (tertiary/aromatic N) is 4. The number of carbonyl (C=O) groups is 1. The third-order valence-electron chi connectivity index (χ3n) is 6.90. The number of hydrogen-bond acceptors (Lipinski definition) is 6. The molecule has 0 aliphatic carbocycles. The minimum Gasteiger partial charge on any atom is -1.00 e. The molecule has 1 amide bonds. The molecule has 0 spiro atoms. The SMILES string of the molecule is CCC(c1nc2snc(C)c2c(=O)n1Cc1ccccc1)N(CCCN)C(=O)c1ccc2ccccc2c1.[Cl-].[H+]. The van der Waals surface area contributed by atoms with Gasteiger partial charge < -0.3 is 23.0 Å². The van der Waals surface area contributed by atoms with Crippen LogP contribution in [0.1, 0.15) is 54.7 Å². The van der Waals surface area contributed by atoms with Gasteiger partial charge >= 0.3 is 1.43 Å². The molecular weight excluding hydrogens is 530 g/mol. The van der Waals surface area contributed by atoms with Crippen LogP contribution < -0.4 is 23.7 Å². The first-order valence-electron chi connectivity index (χ1n) is 12.9. The third-order valence-corrected chi connectivity index (χ3v) is 7.73. The zero-order valence-corrected chi connectivity index (χ0v) is 23.6. The summed E-state index contributed by atoms with van der Waals surface area (Å²) in [6.45, 7) is 5.13. The Labute approximate surface area is 239 Å². The van der Waals surface area contributed by atoms with E-state index in [4.69, 9.17) is 10.7 Å². The summed E-state index contributed by atoms with van der Waals surface area (Å²) < 4.78 is 6.12. The Bertz CT molecular complexity index is 1660. The molecule has 0 radical (unpaired) electrons.